The van der Waals surface area contributed by atoms with E-state index in [1.807, 2.05) is 35.0 Å². The van der Waals surface area contributed by atoms with Crippen LogP contribution in [0.3, 0.4) is 0 Å². The predicted molar refractivity (Wildman–Crippen MR) is 122 cm³/mol. The van der Waals surface area contributed by atoms with Gasteiger partial charge in [0.1, 0.15) is 16.5 Å². The van der Waals surface area contributed by atoms with Crippen LogP contribution in [-0.4, -0.2) is 57.8 Å². The molecule has 0 amide bonds. The van der Waals surface area contributed by atoms with Gasteiger partial charge in [0.15, 0.2) is 0 Å². The summed E-state index contributed by atoms with van der Waals surface area (Å²) in [6.45, 7) is 3.77. The Morgan fingerprint density at radius 3 is 2.29 bits per heavy atom. The minimum atomic E-state index is -0.252. The van der Waals surface area contributed by atoms with Crippen molar-refractivity contribution >= 4 is 39.8 Å². The number of piperazine rings is 1. The Morgan fingerprint density at radius 1 is 1.00 bits per heavy atom. The number of likely N-dealkylation sites (N-methyl/N-ethyl adjacent to an activating group) is 1. The number of rotatable bonds is 3. The van der Waals surface area contributed by atoms with Gasteiger partial charge in [-0.15, -0.1) is 0 Å². The maximum absolute atomic E-state index is 13.5. The molecule has 0 spiro atoms. The van der Waals surface area contributed by atoms with E-state index in [4.69, 9.17) is 17.3 Å². The average Bonchev–Trinajstić information content (AvgIpc) is 3.06. The first-order chi connectivity index (χ1) is 13.5. The summed E-state index contributed by atoms with van der Waals surface area (Å²) in [5.41, 5.74) is 3.60. The molecule has 0 N–H and O–H groups in total. The van der Waals surface area contributed by atoms with Gasteiger partial charge in [-0.05, 0) is 66.0 Å². The molecule has 7 heteroatoms. The van der Waals surface area contributed by atoms with Crippen LogP contribution in [0.2, 0.25) is 0 Å². The predicted octanol–water partition coefficient (Wildman–Crippen LogP) is 4.21. The monoisotopic (exact) mass is 506 g/mol. The van der Waals surface area contributed by atoms with E-state index in [0.29, 0.717) is 0 Å². The highest BCUT2D eigenvalue weighted by atomic mass is 127. The highest BCUT2D eigenvalue weighted by molar-refractivity contribution is 14.1. The number of para-hydroxylation sites is 1. The van der Waals surface area contributed by atoms with Crippen molar-refractivity contribution in [3.63, 3.8) is 0 Å². The third kappa shape index (κ3) is 3.83. The van der Waals surface area contributed by atoms with Crippen LogP contribution >= 0.6 is 34.8 Å². The number of aromatic nitrogens is 2. The van der Waals surface area contributed by atoms with Crippen LogP contribution in [0, 0.1) is 9.39 Å². The van der Waals surface area contributed by atoms with Crippen molar-refractivity contribution in [2.75, 3.05) is 33.2 Å². The van der Waals surface area contributed by atoms with E-state index >= 15 is 0 Å². The fourth-order valence-corrected chi connectivity index (χ4v) is 4.72. The first-order valence-electron chi connectivity index (χ1n) is 9.12. The maximum Gasteiger partial charge on any atom is 0.134 e. The summed E-state index contributed by atoms with van der Waals surface area (Å²) < 4.78 is 16.4. The molecule has 0 radical (unpaired) electrons. The van der Waals surface area contributed by atoms with Crippen LogP contribution in [0.4, 0.5) is 4.39 Å². The van der Waals surface area contributed by atoms with Crippen molar-refractivity contribution in [2.24, 2.45) is 0 Å². The maximum atomic E-state index is 13.5. The first kappa shape index (κ1) is 19.5. The molecule has 0 atom stereocenters. The van der Waals surface area contributed by atoms with E-state index in [0.717, 1.165) is 57.4 Å². The summed E-state index contributed by atoms with van der Waals surface area (Å²) in [7, 11) is 2.13. The van der Waals surface area contributed by atoms with Gasteiger partial charge in [0.25, 0.3) is 0 Å². The van der Waals surface area contributed by atoms with Crippen molar-refractivity contribution in [2.45, 2.75) is 0 Å². The van der Waals surface area contributed by atoms with Crippen LogP contribution in [0.25, 0.3) is 16.9 Å². The Hall–Kier alpha value is -1.84. The fourth-order valence-electron chi connectivity index (χ4n) is 3.31. The van der Waals surface area contributed by atoms with Crippen LogP contribution in [0.15, 0.2) is 54.6 Å². The quantitative estimate of drug-likeness (QED) is 0.393. The fraction of sp³-hybridized carbons (Fsp3) is 0.238. The summed E-state index contributed by atoms with van der Waals surface area (Å²) in [5, 5.41) is 4.89. The Labute approximate surface area is 183 Å². The largest absolute Gasteiger partial charge is 0.358 e. The second-order valence-electron chi connectivity index (χ2n) is 6.86. The lowest BCUT2D eigenvalue weighted by Crippen LogP contribution is -2.47. The molecule has 3 aromatic rings. The van der Waals surface area contributed by atoms with Crippen LogP contribution in [-0.2, 0) is 0 Å². The third-order valence-corrected chi connectivity index (χ3v) is 6.41. The molecule has 1 aliphatic heterocycles. The first-order valence-corrected chi connectivity index (χ1v) is 10.6. The zero-order chi connectivity index (χ0) is 19.7. The van der Waals surface area contributed by atoms with Gasteiger partial charge >= 0.3 is 0 Å². The summed E-state index contributed by atoms with van der Waals surface area (Å²) in [6, 6.07) is 16.5. The molecule has 0 bridgehead atoms. The van der Waals surface area contributed by atoms with Gasteiger partial charge in [0.05, 0.1) is 15.0 Å². The lowest BCUT2D eigenvalue weighted by molar-refractivity contribution is 0.217. The second kappa shape index (κ2) is 8.26. The Kier molecular flexibility index (Phi) is 5.75. The van der Waals surface area contributed by atoms with Crippen LogP contribution < -0.4 is 0 Å². The minimum Gasteiger partial charge on any atom is -0.358 e. The average molecular weight is 506 g/mol. The number of nitrogens with zero attached hydrogens (tertiary/aromatic N) is 4. The summed E-state index contributed by atoms with van der Waals surface area (Å²) in [6.07, 6.45) is 0. The molecule has 4 rings (SSSR count). The normalized spacial score (nSPS) is 15.0. The topological polar surface area (TPSA) is 24.3 Å². The third-order valence-electron chi connectivity index (χ3n) is 4.94. The molecule has 144 valence electrons. The smallest absolute Gasteiger partial charge is 0.134 e. The summed E-state index contributed by atoms with van der Waals surface area (Å²) in [4.78, 5) is 5.30. The van der Waals surface area contributed by atoms with Gasteiger partial charge < -0.3 is 9.80 Å². The van der Waals surface area contributed by atoms with Crippen LogP contribution in [0.1, 0.15) is 5.69 Å². The van der Waals surface area contributed by atoms with Crippen molar-refractivity contribution in [1.82, 2.24) is 19.6 Å². The zero-order valence-electron chi connectivity index (χ0n) is 15.5. The standard InChI is InChI=1S/C21H20FIN4S/c1-25-11-13-26(14-12-25)21(28)19-18(23)20(15-7-9-16(22)10-8-15)27(24-19)17-5-3-2-4-6-17/h2-10H,11-14H2,1H3. The zero-order valence-corrected chi connectivity index (χ0v) is 18.5. The second-order valence-corrected chi connectivity index (χ2v) is 8.33. The van der Waals surface area contributed by atoms with Gasteiger partial charge in [-0.2, -0.15) is 5.10 Å². The number of benzene rings is 2. The van der Waals surface area contributed by atoms with E-state index in [1.165, 1.54) is 12.1 Å². The summed E-state index contributed by atoms with van der Waals surface area (Å²) in [5.74, 6) is -0.252. The number of thiocarbonyl (C=S) groups is 1. The highest BCUT2D eigenvalue weighted by Gasteiger charge is 2.25. The Morgan fingerprint density at radius 2 is 1.64 bits per heavy atom. The molecule has 1 aromatic heterocycles. The molecule has 0 unspecified atom stereocenters. The highest BCUT2D eigenvalue weighted by Crippen LogP contribution is 2.31. The van der Waals surface area contributed by atoms with Crippen molar-refractivity contribution in [3.05, 3.63) is 69.7 Å². The van der Waals surface area contributed by atoms with Gasteiger partial charge in [-0.1, -0.05) is 30.4 Å². The molecule has 1 fully saturated rings. The molecule has 2 aromatic carbocycles. The van der Waals surface area contributed by atoms with Gasteiger partial charge in [0.2, 0.25) is 0 Å². The van der Waals surface area contributed by atoms with Crippen molar-refractivity contribution in [3.8, 4) is 16.9 Å². The van der Waals surface area contributed by atoms with Crippen molar-refractivity contribution < 1.29 is 4.39 Å². The molecule has 2 heterocycles. The molecule has 0 aliphatic carbocycles. The van der Waals surface area contributed by atoms with E-state index in [2.05, 4.69) is 39.4 Å². The SMILES string of the molecule is CN1CCN(C(=S)c2nn(-c3ccccc3)c(-c3ccc(F)cc3)c2I)CC1. The molecule has 4 nitrogen and oxygen atoms in total. The summed E-state index contributed by atoms with van der Waals surface area (Å²) >= 11 is 8.14. The molecule has 28 heavy (non-hydrogen) atoms. The number of halogens is 2. The van der Waals surface area contributed by atoms with Crippen molar-refractivity contribution in [1.29, 1.82) is 0 Å². The van der Waals surface area contributed by atoms with E-state index in [9.17, 15) is 4.39 Å². The van der Waals surface area contributed by atoms with Gasteiger partial charge in [0, 0.05) is 31.7 Å². The van der Waals surface area contributed by atoms with Gasteiger partial charge in [-0.3, -0.25) is 0 Å². The van der Waals surface area contributed by atoms with E-state index in [1.54, 1.807) is 12.1 Å². The van der Waals surface area contributed by atoms with Crippen LogP contribution in [0.5, 0.6) is 0 Å². The molecular formula is C21H20FIN4S. The Balaban J connectivity index is 1.80. The van der Waals surface area contributed by atoms with Gasteiger partial charge in [-0.25, -0.2) is 9.07 Å². The minimum absolute atomic E-state index is 0.252. The number of hydrogen-bond acceptors (Lipinski definition) is 3. The molecule has 1 aliphatic rings. The lowest BCUT2D eigenvalue weighted by atomic mass is 10.1. The number of hydrogen-bond donors (Lipinski definition) is 0. The Bertz CT molecular complexity index is 980. The molecule has 1 saturated heterocycles. The molecular weight excluding hydrogens is 486 g/mol. The molecule has 0 saturated carbocycles. The van der Waals surface area contributed by atoms with E-state index in [-0.39, 0.29) is 5.82 Å². The van der Waals surface area contributed by atoms with E-state index < -0.39 is 0 Å². The lowest BCUT2D eigenvalue weighted by Gasteiger charge is -2.33.